The van der Waals surface area contributed by atoms with Gasteiger partial charge in [0.1, 0.15) is 17.7 Å². The summed E-state index contributed by atoms with van der Waals surface area (Å²) in [6.07, 6.45) is -0.748. The molecule has 1 aliphatic rings. The maximum atomic E-state index is 13.7. The summed E-state index contributed by atoms with van der Waals surface area (Å²) in [6, 6.07) is 13.7. The lowest BCUT2D eigenvalue weighted by Crippen LogP contribution is -2.50. The highest BCUT2D eigenvalue weighted by molar-refractivity contribution is 7.92. The zero-order chi connectivity index (χ0) is 30.8. The summed E-state index contributed by atoms with van der Waals surface area (Å²) >= 11 is 5.87. The molecule has 0 bridgehead atoms. The van der Waals surface area contributed by atoms with Gasteiger partial charge in [-0.1, -0.05) is 18.5 Å². The molecular formula is C28H31ClFN3O7S2. The van der Waals surface area contributed by atoms with Crippen molar-refractivity contribution in [1.29, 1.82) is 0 Å². The number of hydrogen-bond acceptors (Lipinski definition) is 7. The summed E-state index contributed by atoms with van der Waals surface area (Å²) in [6.45, 7) is 3.14. The number of nitrogens with zero attached hydrogens (tertiary/aromatic N) is 2. The lowest BCUT2D eigenvalue weighted by atomic mass is 9.99. The van der Waals surface area contributed by atoms with Gasteiger partial charge >= 0.3 is 0 Å². The van der Waals surface area contributed by atoms with Gasteiger partial charge in [0.25, 0.3) is 15.9 Å². The lowest BCUT2D eigenvalue weighted by Gasteiger charge is -2.38. The highest BCUT2D eigenvalue weighted by Crippen LogP contribution is 2.32. The van der Waals surface area contributed by atoms with Gasteiger partial charge < -0.3 is 14.7 Å². The smallest absolute Gasteiger partial charge is 0.261 e. The molecule has 10 nitrogen and oxygen atoms in total. The number of carbonyl (C=O) groups excluding carboxylic acids is 1. The minimum atomic E-state index is -4.02. The van der Waals surface area contributed by atoms with Crippen LogP contribution < -0.4 is 9.46 Å². The topological polar surface area (TPSA) is 133 Å². The fourth-order valence-electron chi connectivity index (χ4n) is 4.47. The van der Waals surface area contributed by atoms with Crippen LogP contribution in [0.1, 0.15) is 24.2 Å². The molecule has 1 heterocycles. The Morgan fingerprint density at radius 2 is 1.69 bits per heavy atom. The van der Waals surface area contributed by atoms with Crippen molar-refractivity contribution in [3.8, 4) is 5.75 Å². The Morgan fingerprint density at radius 1 is 1.07 bits per heavy atom. The van der Waals surface area contributed by atoms with E-state index in [1.165, 1.54) is 66.5 Å². The van der Waals surface area contributed by atoms with Gasteiger partial charge in [0.15, 0.2) is 0 Å². The first-order valence-corrected chi connectivity index (χ1v) is 16.3. The average Bonchev–Trinajstić information content (AvgIpc) is 2.95. The third-order valence-corrected chi connectivity index (χ3v) is 10.5. The van der Waals surface area contributed by atoms with Gasteiger partial charge in [0.2, 0.25) is 10.0 Å². The highest BCUT2D eigenvalue weighted by Gasteiger charge is 2.35. The molecule has 226 valence electrons. The zero-order valence-corrected chi connectivity index (χ0v) is 25.5. The monoisotopic (exact) mass is 639 g/mol. The van der Waals surface area contributed by atoms with Gasteiger partial charge in [-0.15, -0.1) is 0 Å². The molecule has 42 heavy (non-hydrogen) atoms. The number of rotatable bonds is 9. The average molecular weight is 640 g/mol. The van der Waals surface area contributed by atoms with E-state index in [1.54, 1.807) is 13.8 Å². The number of nitrogens with one attached hydrogen (secondary N) is 1. The number of halogens is 2. The second-order valence-electron chi connectivity index (χ2n) is 10.1. The zero-order valence-electron chi connectivity index (χ0n) is 23.1. The Morgan fingerprint density at radius 3 is 2.31 bits per heavy atom. The van der Waals surface area contributed by atoms with E-state index < -0.39 is 43.9 Å². The van der Waals surface area contributed by atoms with Crippen molar-refractivity contribution in [1.82, 2.24) is 9.21 Å². The van der Waals surface area contributed by atoms with Crippen molar-refractivity contribution in [3.05, 3.63) is 83.1 Å². The Balaban J connectivity index is 1.68. The minimum absolute atomic E-state index is 0.0314. The van der Waals surface area contributed by atoms with Crippen LogP contribution in [0.2, 0.25) is 5.02 Å². The summed E-state index contributed by atoms with van der Waals surface area (Å²) in [5.41, 5.74) is 0.131. The molecule has 3 aromatic rings. The van der Waals surface area contributed by atoms with Crippen LogP contribution in [0.25, 0.3) is 0 Å². The number of anilines is 1. The first-order chi connectivity index (χ1) is 19.7. The van der Waals surface area contributed by atoms with Gasteiger partial charge in [-0.2, -0.15) is 4.31 Å². The molecule has 1 aliphatic heterocycles. The van der Waals surface area contributed by atoms with Crippen molar-refractivity contribution < 1.29 is 35.9 Å². The summed E-state index contributed by atoms with van der Waals surface area (Å²) in [5, 5.41) is 10.2. The second-order valence-corrected chi connectivity index (χ2v) is 14.3. The van der Waals surface area contributed by atoms with Crippen molar-refractivity contribution in [2.45, 2.75) is 35.8 Å². The number of carbonyl (C=O) groups is 1. The van der Waals surface area contributed by atoms with Crippen LogP contribution in [0.15, 0.2) is 76.5 Å². The molecule has 0 spiro atoms. The molecule has 14 heteroatoms. The number of sulfonamides is 2. The van der Waals surface area contributed by atoms with Gasteiger partial charge in [-0.25, -0.2) is 21.2 Å². The van der Waals surface area contributed by atoms with E-state index >= 15 is 0 Å². The number of hydrogen-bond donors (Lipinski definition) is 2. The normalized spacial score (nSPS) is 18.5. The van der Waals surface area contributed by atoms with Gasteiger partial charge in [-0.3, -0.25) is 9.52 Å². The maximum Gasteiger partial charge on any atom is 0.261 e. The second kappa shape index (κ2) is 12.6. The minimum Gasteiger partial charge on any atom is -0.488 e. The molecule has 4 rings (SSSR count). The number of ether oxygens (including phenoxy) is 1. The van der Waals surface area contributed by atoms with E-state index in [4.69, 9.17) is 16.3 Å². The predicted octanol–water partition coefficient (Wildman–Crippen LogP) is 3.82. The molecule has 3 atom stereocenters. The summed E-state index contributed by atoms with van der Waals surface area (Å²) in [4.78, 5) is 15.0. The van der Waals surface area contributed by atoms with Gasteiger partial charge in [-0.05, 0) is 73.7 Å². The Labute approximate surface area is 249 Å². The van der Waals surface area contributed by atoms with Crippen molar-refractivity contribution in [2.24, 2.45) is 5.92 Å². The van der Waals surface area contributed by atoms with E-state index in [0.717, 1.165) is 16.4 Å². The standard InChI is InChI=1S/C28H31ClFN3O7S2/c1-18-15-33(19(2)17-34)28(35)25-14-22(31-41(36,37)23-9-4-20(29)5-10-23)8-13-26(25)40-27(18)16-32(3)42(38,39)24-11-6-21(30)7-12-24/h4-14,18-19,27,31,34H,15-17H2,1-3H3/t18-,19-,27+/m0/s1. The molecule has 0 fully saturated rings. The predicted molar refractivity (Wildman–Crippen MR) is 156 cm³/mol. The fraction of sp³-hybridized carbons (Fsp3) is 0.321. The number of aliphatic hydroxyl groups is 1. The molecule has 0 radical (unpaired) electrons. The first kappa shape index (κ1) is 31.7. The fourth-order valence-corrected chi connectivity index (χ4v) is 6.83. The number of fused-ring (bicyclic) bond motifs is 1. The van der Waals surface area contributed by atoms with E-state index in [0.29, 0.717) is 5.02 Å². The van der Waals surface area contributed by atoms with Crippen LogP contribution in [0, 0.1) is 11.7 Å². The molecular weight excluding hydrogens is 609 g/mol. The number of aliphatic hydroxyl groups excluding tert-OH is 1. The van der Waals surface area contributed by atoms with Gasteiger partial charge in [0, 0.05) is 30.2 Å². The van der Waals surface area contributed by atoms with Crippen molar-refractivity contribution in [2.75, 3.05) is 31.5 Å². The van der Waals surface area contributed by atoms with Crippen LogP contribution in [0.3, 0.4) is 0 Å². The number of likely N-dealkylation sites (N-methyl/N-ethyl adjacent to an activating group) is 1. The van der Waals surface area contributed by atoms with Crippen molar-refractivity contribution in [3.63, 3.8) is 0 Å². The summed E-state index contributed by atoms with van der Waals surface area (Å²) < 4.78 is 75.4. The third-order valence-electron chi connectivity index (χ3n) is 7.00. The molecule has 0 saturated heterocycles. The van der Waals surface area contributed by atoms with Crippen molar-refractivity contribution >= 4 is 43.2 Å². The first-order valence-electron chi connectivity index (χ1n) is 13.0. The van der Waals surface area contributed by atoms with E-state index in [1.807, 2.05) is 0 Å². The Bertz CT molecular complexity index is 1650. The Hall–Kier alpha value is -3.23. The van der Waals surface area contributed by atoms with E-state index in [-0.39, 0.29) is 52.4 Å². The Kier molecular flexibility index (Phi) is 9.48. The third kappa shape index (κ3) is 6.87. The number of benzene rings is 3. The van der Waals surface area contributed by atoms with Crippen LogP contribution in [-0.4, -0.2) is 75.9 Å². The molecule has 1 amide bonds. The van der Waals surface area contributed by atoms with Crippen LogP contribution in [0.4, 0.5) is 10.1 Å². The SMILES string of the molecule is C[C@H]1CN([C@@H](C)CO)C(=O)c2cc(NS(=O)(=O)c3ccc(Cl)cc3)ccc2O[C@@H]1CN(C)S(=O)(=O)c1ccc(F)cc1. The quantitative estimate of drug-likeness (QED) is 0.364. The molecule has 0 unspecified atom stereocenters. The molecule has 3 aromatic carbocycles. The largest absolute Gasteiger partial charge is 0.488 e. The maximum absolute atomic E-state index is 13.7. The lowest BCUT2D eigenvalue weighted by molar-refractivity contribution is 0.0387. The summed E-state index contributed by atoms with van der Waals surface area (Å²) in [5.74, 6) is -1.32. The molecule has 0 aromatic heterocycles. The molecule has 0 aliphatic carbocycles. The van der Waals surface area contributed by atoms with Crippen LogP contribution >= 0.6 is 11.6 Å². The summed E-state index contributed by atoms with van der Waals surface area (Å²) in [7, 11) is -6.64. The molecule has 0 saturated carbocycles. The van der Waals surface area contributed by atoms with E-state index in [9.17, 15) is 31.1 Å². The van der Waals surface area contributed by atoms with Crippen LogP contribution in [-0.2, 0) is 20.0 Å². The molecule has 2 N–H and O–H groups in total. The van der Waals surface area contributed by atoms with Crippen LogP contribution in [0.5, 0.6) is 5.75 Å². The van der Waals surface area contributed by atoms with E-state index in [2.05, 4.69) is 4.72 Å². The highest BCUT2D eigenvalue weighted by atomic mass is 35.5. The number of amides is 1. The van der Waals surface area contributed by atoms with Gasteiger partial charge in [0.05, 0.1) is 34.5 Å².